The number of nitrogens with zero attached hydrogens (tertiary/aromatic N) is 2. The van der Waals surface area contributed by atoms with Crippen LogP contribution in [0.4, 0.5) is 5.69 Å². The molecule has 13 nitrogen and oxygen atoms in total. The number of methoxy groups -OCH3 is 2. The first-order valence-corrected chi connectivity index (χ1v) is 22.5. The van der Waals surface area contributed by atoms with Gasteiger partial charge in [0.2, 0.25) is 5.36 Å². The molecule has 2 aliphatic heterocycles. The Kier molecular flexibility index (Phi) is 15.6. The number of anilines is 1. The normalized spacial score (nSPS) is 16.6. The maximum Gasteiger partial charge on any atom is 0.303 e. The summed E-state index contributed by atoms with van der Waals surface area (Å²) < 4.78 is 90.0. The highest BCUT2D eigenvalue weighted by Crippen LogP contribution is 2.51. The molecule has 1 aliphatic carbocycles. The van der Waals surface area contributed by atoms with E-state index in [1.807, 2.05) is 62.4 Å². The molecular weight excluding hydrogens is 809 g/mol. The molecule has 2 heterocycles. The van der Waals surface area contributed by atoms with E-state index in [-0.39, 0.29) is 32.2 Å². The molecule has 0 radical (unpaired) electrons. The predicted molar refractivity (Wildman–Crippen MR) is 229 cm³/mol. The van der Waals surface area contributed by atoms with Gasteiger partial charge in [0.15, 0.2) is 13.1 Å². The van der Waals surface area contributed by atoms with E-state index in [2.05, 4.69) is 28.8 Å². The average Bonchev–Trinajstić information content (AvgIpc) is 3.42. The summed E-state index contributed by atoms with van der Waals surface area (Å²) in [6.07, 6.45) is 13.1. The monoisotopic (exact) mass is 859 g/mol. The maximum absolute atomic E-state index is 12.0. The minimum atomic E-state index is -4.82. The van der Waals surface area contributed by atoms with Crippen LogP contribution in [-0.4, -0.2) is 89.8 Å². The lowest BCUT2D eigenvalue weighted by Gasteiger charge is -2.30. The fourth-order valence-electron chi connectivity index (χ4n) is 7.59. The van der Waals surface area contributed by atoms with Gasteiger partial charge in [-0.3, -0.25) is 4.79 Å². The zero-order valence-corrected chi connectivity index (χ0v) is 35.8. The SMILES string of the molecule is COCC[N+](CCOC)=c1ccc2c(-c3ccccc3)c(C)c(/C=C/C=C/C=C/C=C3/N(CCCS(=O)(=O)[O-])c4ccc(S(=O)(=O)[O-])cc4C3(C)CCCC(=O)O)oc-2c1. The van der Waals surface area contributed by atoms with Crippen molar-refractivity contribution >= 4 is 38.0 Å². The summed E-state index contributed by atoms with van der Waals surface area (Å²) in [7, 11) is -5.98. The quantitative estimate of drug-likeness (QED) is 0.0594. The van der Waals surface area contributed by atoms with Gasteiger partial charge in [-0.1, -0.05) is 60.7 Å². The van der Waals surface area contributed by atoms with Crippen LogP contribution in [0, 0.1) is 6.92 Å². The zero-order chi connectivity index (χ0) is 43.5. The molecule has 2 aromatic rings. The molecule has 0 fully saturated rings. The number of hydrogen-bond donors (Lipinski definition) is 1. The van der Waals surface area contributed by atoms with Crippen molar-refractivity contribution in [2.45, 2.75) is 49.8 Å². The van der Waals surface area contributed by atoms with Crippen molar-refractivity contribution in [2.75, 3.05) is 57.7 Å². The van der Waals surface area contributed by atoms with Gasteiger partial charge in [-0.25, -0.2) is 21.4 Å². The fraction of sp³-hybridized carbons (Fsp3) is 0.333. The molecule has 2 aromatic carbocycles. The summed E-state index contributed by atoms with van der Waals surface area (Å²) in [5.41, 5.74) is 4.75. The van der Waals surface area contributed by atoms with Gasteiger partial charge in [0.25, 0.3) is 0 Å². The summed E-state index contributed by atoms with van der Waals surface area (Å²) in [6, 6.07) is 20.3. The summed E-state index contributed by atoms with van der Waals surface area (Å²) in [4.78, 5) is 12.8. The number of aliphatic carboxylic acids is 1. The van der Waals surface area contributed by atoms with Crippen LogP contribution in [0.25, 0.3) is 28.5 Å². The summed E-state index contributed by atoms with van der Waals surface area (Å²) >= 11 is 0. The Morgan fingerprint density at radius 2 is 1.58 bits per heavy atom. The van der Waals surface area contributed by atoms with Crippen molar-refractivity contribution in [3.63, 3.8) is 0 Å². The van der Waals surface area contributed by atoms with Crippen molar-refractivity contribution in [3.8, 4) is 22.5 Å². The molecule has 0 spiro atoms. The molecule has 1 atom stereocenters. The third-order valence-corrected chi connectivity index (χ3v) is 12.2. The average molecular weight is 860 g/mol. The van der Waals surface area contributed by atoms with Crippen LogP contribution >= 0.6 is 0 Å². The van der Waals surface area contributed by atoms with Crippen molar-refractivity contribution in [1.29, 1.82) is 0 Å². The molecular formula is C45H51N2O11S2-. The lowest BCUT2D eigenvalue weighted by atomic mass is 9.77. The molecule has 0 bridgehead atoms. The largest absolute Gasteiger partial charge is 0.748 e. The number of ether oxygens (including phenoxy) is 2. The van der Waals surface area contributed by atoms with E-state index in [0.717, 1.165) is 27.6 Å². The van der Waals surface area contributed by atoms with Gasteiger partial charge in [-0.05, 0) is 86.2 Å². The van der Waals surface area contributed by atoms with Crippen molar-refractivity contribution < 1.29 is 49.7 Å². The van der Waals surface area contributed by atoms with Crippen molar-refractivity contribution in [1.82, 2.24) is 4.58 Å². The van der Waals surface area contributed by atoms with Gasteiger partial charge >= 0.3 is 5.97 Å². The topological polar surface area (TPSA) is 190 Å². The van der Waals surface area contributed by atoms with Gasteiger partial charge in [0, 0.05) is 66.9 Å². The minimum Gasteiger partial charge on any atom is -0.748 e. The summed E-state index contributed by atoms with van der Waals surface area (Å²) in [5, 5.41) is 10.4. The molecule has 1 unspecified atom stereocenters. The predicted octanol–water partition coefficient (Wildman–Crippen LogP) is 6.31. The summed E-state index contributed by atoms with van der Waals surface area (Å²) in [6.45, 7) is 6.42. The molecule has 1 N–H and O–H groups in total. The molecule has 320 valence electrons. The first kappa shape index (κ1) is 45.9. The standard InChI is InChI=1S/C45H52N2O11S2/c1-33-40(58-41-31-35(46(26-28-56-3)27-29-57-4)20-22-37(41)44(33)34-15-9-8-10-16-34)17-11-6-5-7-12-18-42-45(2,24-13-19-43(48)49)38-32-36(60(53,54)55)21-23-39(38)47(42)25-14-30-59(50,51)52/h5-12,15-18,20-23,31-32H,13-14,19,24-30H2,1-4H3,(H2-,48,49,50,51,52,53,54,55)/p-1. The lowest BCUT2D eigenvalue weighted by Crippen LogP contribution is -2.35. The number of carboxylic acid groups (broad SMARTS) is 1. The van der Waals surface area contributed by atoms with Crippen LogP contribution in [0.1, 0.15) is 49.5 Å². The molecule has 0 aromatic heterocycles. The van der Waals surface area contributed by atoms with Crippen LogP contribution in [0.3, 0.4) is 0 Å². The molecule has 0 amide bonds. The van der Waals surface area contributed by atoms with Crippen LogP contribution in [0.5, 0.6) is 0 Å². The van der Waals surface area contributed by atoms with E-state index >= 15 is 0 Å². The highest BCUT2D eigenvalue weighted by atomic mass is 32.2. The second kappa shape index (κ2) is 20.4. The number of carboxylic acids is 1. The van der Waals surface area contributed by atoms with E-state index in [9.17, 15) is 35.8 Å². The number of allylic oxidation sites excluding steroid dienone is 7. The first-order chi connectivity index (χ1) is 28.6. The molecule has 5 rings (SSSR count). The molecule has 0 saturated heterocycles. The Hall–Kier alpha value is -5.16. The Balaban J connectivity index is 1.51. The van der Waals surface area contributed by atoms with Gasteiger partial charge in [-0.15, -0.1) is 0 Å². The van der Waals surface area contributed by atoms with Crippen LogP contribution in [0.2, 0.25) is 0 Å². The number of carbonyl (C=O) groups is 1. The number of benzene rings is 3. The van der Waals surface area contributed by atoms with E-state index < -0.39 is 42.3 Å². The second-order valence-electron chi connectivity index (χ2n) is 14.6. The second-order valence-corrected chi connectivity index (χ2v) is 17.5. The van der Waals surface area contributed by atoms with Crippen LogP contribution in [-0.2, 0) is 39.9 Å². The smallest absolute Gasteiger partial charge is 0.303 e. The van der Waals surface area contributed by atoms with Crippen LogP contribution in [0.15, 0.2) is 118 Å². The Morgan fingerprint density at radius 3 is 2.23 bits per heavy atom. The zero-order valence-electron chi connectivity index (χ0n) is 34.2. The van der Waals surface area contributed by atoms with Gasteiger partial charge < -0.3 is 33.0 Å². The fourth-order valence-corrected chi connectivity index (χ4v) is 8.57. The van der Waals surface area contributed by atoms with E-state index in [1.54, 1.807) is 37.3 Å². The first-order valence-electron chi connectivity index (χ1n) is 19.5. The Morgan fingerprint density at radius 1 is 0.900 bits per heavy atom. The number of fused-ring (bicyclic) bond motifs is 2. The van der Waals surface area contributed by atoms with Gasteiger partial charge in [0.05, 0.1) is 21.1 Å². The van der Waals surface area contributed by atoms with Crippen molar-refractivity contribution in [2.24, 2.45) is 0 Å². The third-order valence-electron chi connectivity index (χ3n) is 10.5. The maximum atomic E-state index is 12.0. The molecule has 15 heteroatoms. The Bertz CT molecular complexity index is 2530. The third kappa shape index (κ3) is 11.6. The van der Waals surface area contributed by atoms with Crippen LogP contribution < -0.4 is 14.8 Å². The molecule has 3 aliphatic rings. The number of rotatable bonds is 20. The van der Waals surface area contributed by atoms with Crippen molar-refractivity contribution in [3.05, 3.63) is 131 Å². The highest BCUT2D eigenvalue weighted by Gasteiger charge is 2.43. The number of hydrogen-bond acceptors (Lipinski definition) is 11. The highest BCUT2D eigenvalue weighted by molar-refractivity contribution is 7.86. The molecule has 60 heavy (non-hydrogen) atoms. The van der Waals surface area contributed by atoms with Gasteiger partial charge in [-0.2, -0.15) is 0 Å². The van der Waals surface area contributed by atoms with E-state index in [1.165, 1.54) is 18.2 Å². The van der Waals surface area contributed by atoms with Gasteiger partial charge in [0.1, 0.15) is 34.9 Å². The lowest BCUT2D eigenvalue weighted by molar-refractivity contribution is -0.137. The molecule has 0 saturated carbocycles. The minimum absolute atomic E-state index is 0.0176. The van der Waals surface area contributed by atoms with E-state index in [0.29, 0.717) is 54.8 Å². The summed E-state index contributed by atoms with van der Waals surface area (Å²) in [5.74, 6) is -0.221. The van der Waals surface area contributed by atoms with E-state index in [4.69, 9.17) is 13.9 Å². The Labute approximate surface area is 352 Å².